The van der Waals surface area contributed by atoms with Gasteiger partial charge < -0.3 is 85.2 Å². The lowest BCUT2D eigenvalue weighted by Gasteiger charge is -2.30. The van der Waals surface area contributed by atoms with E-state index >= 15 is 0 Å². The van der Waals surface area contributed by atoms with E-state index in [0.29, 0.717) is 80.0 Å². The van der Waals surface area contributed by atoms with Crippen molar-refractivity contribution >= 4 is 40.1 Å². The number of benzene rings is 9. The number of aromatic hydroxyl groups is 6. The van der Waals surface area contributed by atoms with Gasteiger partial charge in [-0.3, -0.25) is 19.1 Å². The van der Waals surface area contributed by atoms with Gasteiger partial charge in [0.1, 0.15) is 74.2 Å². The average Bonchev–Trinajstić information content (AvgIpc) is 1.57. The number of aliphatic hydroxyl groups is 5. The number of aliphatic hydroxyl groups excluding tert-OH is 1. The number of hydrogen-bond acceptors (Lipinski definition) is 21. The Labute approximate surface area is 764 Å². The number of fused-ring (bicyclic) bond motifs is 12. The first-order chi connectivity index (χ1) is 62.5. The number of rotatable bonds is 31. The van der Waals surface area contributed by atoms with Crippen molar-refractivity contribution in [1.82, 2.24) is 9.78 Å². The zero-order valence-electron chi connectivity index (χ0n) is 76.5. The minimum absolute atomic E-state index is 0.00142. The zero-order chi connectivity index (χ0) is 92.1. The first kappa shape index (κ1) is 93.6. The standard InChI is InChI=1S/C32H39N3O4.C31H35NO5.C23H29NO4.C22H27NO3/c1-5-35-30(24(19-33-35)14-13-21(2)3)29(37)20-34-28-12-7-6-11-27(28)32(38)18-26(39-31(32)34)17-25(36)16-23-10-8-9-22(4)15-23;1-3-4-9-22-15-28(34)25(29(35)16-22)19-32-27-12-6-5-11-26(27)31(36)18-24(37-30(31)32)17-23(33)14-21-10-7-8-20(2)13-21;1-2-3-5-15-11-20(26)17(21(27)12-15)13-24-19-8-7-16(14-25)10-18(19)23(28)9-4-6-22(23)24;1-2-3-7-15-12-19(24)16(20(25)13-15)14-23-18-9-5-4-8-17(18)22(26)11-6-10-21(22)23/h6-12,15,19,21,26,31,38H,5,13-14,16-18,20H2,1-4H3;5-8,10-13,15-16,24,30,34-36H,3-4,9,14,17-19H2,1-2H3;7-8,10-12,22,25-28H,2-6,9,13-14H2,1H3;4-5,8-9,12-13,21,24-26H,2-3,6-7,10-11,14H2,1H3/t26-,31?,32-;24-,30?,31-;22?,23-;21?,22-/m1111/s1. The molecule has 4 unspecified atom stereocenters. The summed E-state index contributed by atoms with van der Waals surface area (Å²) in [5.74, 6) is 1.17. The fourth-order valence-corrected chi connectivity index (χ4v) is 21.5. The van der Waals surface area contributed by atoms with Crippen LogP contribution in [0.5, 0.6) is 34.5 Å². The lowest BCUT2D eigenvalue weighted by Crippen LogP contribution is -2.44. The molecule has 0 radical (unpaired) electrons. The predicted octanol–water partition coefficient (Wildman–Crippen LogP) is 18.2. The Morgan fingerprint density at radius 3 is 1.27 bits per heavy atom. The summed E-state index contributed by atoms with van der Waals surface area (Å²) in [5.41, 5.74) is 13.3. The van der Waals surface area contributed by atoms with Gasteiger partial charge in [0.05, 0.1) is 80.0 Å². The first-order valence-corrected chi connectivity index (χ1v) is 47.1. The van der Waals surface area contributed by atoms with Gasteiger partial charge >= 0.3 is 0 Å². The van der Waals surface area contributed by atoms with Gasteiger partial charge in [-0.15, -0.1) is 0 Å². The SMILES string of the molecule is CCCCc1cc(O)c(CN2c3ccc(CO)cc3[C@]3(O)CCCC23)c(O)c1.CCCCc1cc(O)c(CN2c3ccccc3[C@]3(O)CCCC23)c(O)c1.CCCCc1cc(O)c(CN2c3ccccc3[C@]3(O)C[C@@H](CC(=O)Cc4cccc(C)c4)OC23)c(O)c1.CCn1ncc(CCC(C)C)c1C(=O)CN1c2ccccc2[C@]2(O)C[C@@H](CC(=O)Cc3cccc(C)c3)OC12. The average molecular weight is 1770 g/mol. The number of ketones is 3. The molecule has 130 heavy (non-hydrogen) atoms. The molecule has 11 N–H and O–H groups in total. The van der Waals surface area contributed by atoms with Crippen molar-refractivity contribution in [2.75, 3.05) is 26.1 Å². The Kier molecular flexibility index (Phi) is 28.7. The van der Waals surface area contributed by atoms with Gasteiger partial charge in [-0.25, -0.2) is 0 Å². The van der Waals surface area contributed by atoms with Crippen molar-refractivity contribution in [3.63, 3.8) is 0 Å². The number of phenols is 6. The molecule has 8 aliphatic rings. The molecule has 10 aromatic rings. The molecular formula is C108H130N6O16. The van der Waals surface area contributed by atoms with Crippen molar-refractivity contribution in [2.24, 2.45) is 5.92 Å². The smallest absolute Gasteiger partial charge is 0.200 e. The highest BCUT2D eigenvalue weighted by atomic mass is 16.5. The number of nitrogens with zero attached hydrogens (tertiary/aromatic N) is 6. The molecular weight excluding hydrogens is 1640 g/mol. The molecule has 6 aliphatic heterocycles. The van der Waals surface area contributed by atoms with E-state index in [1.165, 1.54) is 0 Å². The van der Waals surface area contributed by atoms with E-state index < -0.39 is 47.1 Å². The number of phenolic OH excluding ortho intramolecular Hbond substituents is 6. The Bertz CT molecular complexity index is 5660. The number of aromatic nitrogens is 2. The second kappa shape index (κ2) is 39.9. The Morgan fingerprint density at radius 1 is 0.446 bits per heavy atom. The summed E-state index contributed by atoms with van der Waals surface area (Å²) in [7, 11) is 0. The number of unbranched alkanes of at least 4 members (excludes halogenated alkanes) is 3. The van der Waals surface area contributed by atoms with Crippen molar-refractivity contribution in [3.8, 4) is 34.5 Å². The van der Waals surface area contributed by atoms with Gasteiger partial charge in [-0.05, 0) is 217 Å². The van der Waals surface area contributed by atoms with Crippen LogP contribution in [-0.2, 0) is 113 Å². The second-order valence-corrected chi connectivity index (χ2v) is 37.9. The number of Topliss-reactive ketones (excluding diaryl/α,β-unsaturated/α-hetero) is 3. The summed E-state index contributed by atoms with van der Waals surface area (Å²) >= 11 is 0. The van der Waals surface area contributed by atoms with E-state index in [9.17, 15) is 70.6 Å². The van der Waals surface area contributed by atoms with E-state index in [1.807, 2.05) is 176 Å². The van der Waals surface area contributed by atoms with Crippen LogP contribution in [0.3, 0.4) is 0 Å². The Morgan fingerprint density at radius 2 is 0.846 bits per heavy atom. The van der Waals surface area contributed by atoms with Gasteiger partial charge in [-0.1, -0.05) is 174 Å². The molecule has 0 amide bonds. The lowest BCUT2D eigenvalue weighted by molar-refractivity contribution is -0.122. The topological polar surface area (TPSA) is 323 Å². The molecule has 22 heteroatoms. The molecule has 18 rings (SSSR count). The number of carbonyl (C=O) groups is 3. The molecule has 9 aromatic carbocycles. The number of carbonyl (C=O) groups excluding carboxylic acids is 3. The molecule has 2 saturated heterocycles. The van der Waals surface area contributed by atoms with Gasteiger partial charge in [-0.2, -0.15) is 5.10 Å². The summed E-state index contributed by atoms with van der Waals surface area (Å²) in [6, 6.07) is 55.1. The highest BCUT2D eigenvalue weighted by Gasteiger charge is 2.60. The molecule has 0 spiro atoms. The molecule has 1 aromatic heterocycles. The Hall–Kier alpha value is -11.1. The van der Waals surface area contributed by atoms with Gasteiger partial charge in [0.15, 0.2) is 18.2 Å². The van der Waals surface area contributed by atoms with Crippen LogP contribution in [0.4, 0.5) is 22.7 Å². The molecule has 2 aliphatic carbocycles. The molecule has 7 heterocycles. The highest BCUT2D eigenvalue weighted by molar-refractivity contribution is 5.99. The number of aryl methyl sites for hydroxylation is 7. The van der Waals surface area contributed by atoms with Crippen LogP contribution in [0.1, 0.15) is 250 Å². The summed E-state index contributed by atoms with van der Waals surface area (Å²) in [6.45, 7) is 18.2. The summed E-state index contributed by atoms with van der Waals surface area (Å²) in [5, 5.41) is 124. The highest BCUT2D eigenvalue weighted by Crippen LogP contribution is 2.58. The normalized spacial score (nSPS) is 22.6. The van der Waals surface area contributed by atoms with Crippen molar-refractivity contribution in [2.45, 2.75) is 295 Å². The van der Waals surface area contributed by atoms with E-state index in [0.717, 1.165) is 198 Å². The van der Waals surface area contributed by atoms with E-state index in [4.69, 9.17) is 9.47 Å². The van der Waals surface area contributed by atoms with Crippen LogP contribution in [0.2, 0.25) is 0 Å². The molecule has 22 nitrogen and oxygen atoms in total. The third-order valence-electron chi connectivity index (χ3n) is 28.0. The quantitative estimate of drug-likeness (QED) is 0.0180. The predicted molar refractivity (Wildman–Crippen MR) is 505 cm³/mol. The molecule has 10 atom stereocenters. The molecule has 688 valence electrons. The molecule has 4 fully saturated rings. The fourth-order valence-electron chi connectivity index (χ4n) is 21.5. The maximum absolute atomic E-state index is 13.8. The van der Waals surface area contributed by atoms with Gasteiger partial charge in [0.2, 0.25) is 0 Å². The third-order valence-corrected chi connectivity index (χ3v) is 28.0. The van der Waals surface area contributed by atoms with Gasteiger partial charge in [0.25, 0.3) is 0 Å². The van der Waals surface area contributed by atoms with Crippen molar-refractivity contribution in [3.05, 3.63) is 277 Å². The van der Waals surface area contributed by atoms with Crippen LogP contribution in [0.15, 0.2) is 182 Å². The fraction of sp³-hybridized carbons (Fsp3) is 0.444. The molecule has 0 bridgehead atoms. The number of anilines is 4. The first-order valence-electron chi connectivity index (χ1n) is 47.1. The third kappa shape index (κ3) is 19.4. The van der Waals surface area contributed by atoms with Crippen LogP contribution < -0.4 is 19.6 Å². The van der Waals surface area contributed by atoms with E-state index in [-0.39, 0.29) is 96.5 Å². The number of para-hydroxylation sites is 3. The van der Waals surface area contributed by atoms with Crippen LogP contribution in [-0.4, -0.2) is 127 Å². The monoisotopic (exact) mass is 1770 g/mol. The number of hydrogen-bond donors (Lipinski definition) is 11. The van der Waals surface area contributed by atoms with E-state index in [1.54, 1.807) is 41.1 Å². The van der Waals surface area contributed by atoms with Crippen LogP contribution >= 0.6 is 0 Å². The maximum Gasteiger partial charge on any atom is 0.200 e. The maximum atomic E-state index is 13.8. The second-order valence-electron chi connectivity index (χ2n) is 37.9. The minimum Gasteiger partial charge on any atom is -0.507 e. The molecule has 2 saturated carbocycles. The van der Waals surface area contributed by atoms with Crippen molar-refractivity contribution in [1.29, 1.82) is 0 Å². The number of ether oxygens (including phenoxy) is 2. The minimum atomic E-state index is -1.28. The Balaban J connectivity index is 0.000000135. The summed E-state index contributed by atoms with van der Waals surface area (Å²) in [4.78, 5) is 47.6. The summed E-state index contributed by atoms with van der Waals surface area (Å²) < 4.78 is 14.5. The largest absolute Gasteiger partial charge is 0.507 e. The van der Waals surface area contributed by atoms with Gasteiger partial charge in [0, 0.05) is 95.6 Å². The summed E-state index contributed by atoms with van der Waals surface area (Å²) in [6.07, 6.45) is 16.8. The van der Waals surface area contributed by atoms with Crippen LogP contribution in [0.25, 0.3) is 0 Å². The lowest BCUT2D eigenvalue weighted by atomic mass is 9.89. The van der Waals surface area contributed by atoms with E-state index in [2.05, 4.69) is 49.5 Å². The van der Waals surface area contributed by atoms with Crippen LogP contribution in [0, 0.1) is 19.8 Å². The van der Waals surface area contributed by atoms with Crippen molar-refractivity contribution < 1.29 is 80.0 Å². The zero-order valence-corrected chi connectivity index (χ0v) is 76.5.